The van der Waals surface area contributed by atoms with Gasteiger partial charge in [0.25, 0.3) is 0 Å². The van der Waals surface area contributed by atoms with Crippen molar-refractivity contribution >= 4 is 0 Å². The molecular weight excluding hydrogens is 289 g/mol. The first-order valence-corrected chi connectivity index (χ1v) is 6.72. The fourth-order valence-electron chi connectivity index (χ4n) is 2.35. The van der Waals surface area contributed by atoms with Crippen molar-refractivity contribution in [3.05, 3.63) is 66.4 Å². The molecule has 1 aromatic heterocycles. The molecule has 0 spiro atoms. The van der Waals surface area contributed by atoms with Gasteiger partial charge in [0, 0.05) is 24.4 Å². The molecule has 0 saturated carbocycles. The van der Waals surface area contributed by atoms with E-state index in [2.05, 4.69) is 5.10 Å². The second kappa shape index (κ2) is 5.33. The number of hydrogen-bond acceptors (Lipinski definition) is 1. The number of aryl methyl sites for hydroxylation is 1. The Morgan fingerprint density at radius 3 is 2.09 bits per heavy atom. The molecular formula is C17H13F3N2. The Labute approximate surface area is 125 Å². The van der Waals surface area contributed by atoms with E-state index in [0.717, 1.165) is 23.3 Å². The topological polar surface area (TPSA) is 17.8 Å². The largest absolute Gasteiger partial charge is 0.416 e. The predicted octanol–water partition coefficient (Wildman–Crippen LogP) is 4.77. The van der Waals surface area contributed by atoms with Gasteiger partial charge in [-0.25, -0.2) is 0 Å². The Hall–Kier alpha value is -2.56. The SMILES string of the molecule is Cn1cc(-c2ccccc2)c(-c2ccc(C(F)(F)F)cc2)n1. The van der Waals surface area contributed by atoms with Crippen LogP contribution in [0.1, 0.15) is 5.56 Å². The van der Waals surface area contributed by atoms with Crippen LogP contribution in [0, 0.1) is 0 Å². The highest BCUT2D eigenvalue weighted by Gasteiger charge is 2.30. The van der Waals surface area contributed by atoms with Gasteiger partial charge in [-0.2, -0.15) is 18.3 Å². The minimum Gasteiger partial charge on any atom is -0.275 e. The Kier molecular flexibility index (Phi) is 3.48. The van der Waals surface area contributed by atoms with E-state index in [9.17, 15) is 13.2 Å². The summed E-state index contributed by atoms with van der Waals surface area (Å²) in [5.41, 5.74) is 2.54. The van der Waals surface area contributed by atoms with E-state index in [1.807, 2.05) is 36.5 Å². The highest BCUT2D eigenvalue weighted by atomic mass is 19.4. The summed E-state index contributed by atoms with van der Waals surface area (Å²) in [4.78, 5) is 0. The summed E-state index contributed by atoms with van der Waals surface area (Å²) >= 11 is 0. The summed E-state index contributed by atoms with van der Waals surface area (Å²) in [6.45, 7) is 0. The average Bonchev–Trinajstić information content (AvgIpc) is 2.89. The van der Waals surface area contributed by atoms with Crippen LogP contribution in [0.3, 0.4) is 0 Å². The van der Waals surface area contributed by atoms with E-state index in [-0.39, 0.29) is 0 Å². The first-order chi connectivity index (χ1) is 10.4. The van der Waals surface area contributed by atoms with Gasteiger partial charge in [0.1, 0.15) is 5.69 Å². The lowest BCUT2D eigenvalue weighted by Gasteiger charge is -2.07. The molecule has 0 atom stereocenters. The van der Waals surface area contributed by atoms with Gasteiger partial charge >= 0.3 is 6.18 Å². The van der Waals surface area contributed by atoms with Crippen LogP contribution >= 0.6 is 0 Å². The number of halogens is 3. The van der Waals surface area contributed by atoms with Crippen molar-refractivity contribution in [2.75, 3.05) is 0 Å². The highest BCUT2D eigenvalue weighted by Crippen LogP contribution is 2.34. The van der Waals surface area contributed by atoms with Crippen LogP contribution in [0.4, 0.5) is 13.2 Å². The Morgan fingerprint density at radius 1 is 0.864 bits per heavy atom. The van der Waals surface area contributed by atoms with Crippen LogP contribution in [0.25, 0.3) is 22.4 Å². The van der Waals surface area contributed by atoms with E-state index in [4.69, 9.17) is 0 Å². The number of alkyl halides is 3. The van der Waals surface area contributed by atoms with Crippen molar-refractivity contribution in [3.63, 3.8) is 0 Å². The van der Waals surface area contributed by atoms with Crippen LogP contribution < -0.4 is 0 Å². The molecule has 0 amide bonds. The number of benzene rings is 2. The minimum absolute atomic E-state index is 0.659. The third kappa shape index (κ3) is 2.74. The maximum absolute atomic E-state index is 12.7. The third-order valence-electron chi connectivity index (χ3n) is 3.40. The Morgan fingerprint density at radius 2 is 1.50 bits per heavy atom. The van der Waals surface area contributed by atoms with E-state index in [1.165, 1.54) is 12.1 Å². The molecule has 1 heterocycles. The molecule has 0 unspecified atom stereocenters. The zero-order valence-corrected chi connectivity index (χ0v) is 11.8. The molecule has 0 radical (unpaired) electrons. The second-order valence-electron chi connectivity index (χ2n) is 5.01. The maximum Gasteiger partial charge on any atom is 0.416 e. The van der Waals surface area contributed by atoms with Crippen LogP contribution in [0.2, 0.25) is 0 Å². The van der Waals surface area contributed by atoms with Gasteiger partial charge in [-0.3, -0.25) is 4.68 Å². The van der Waals surface area contributed by atoms with E-state index in [0.29, 0.717) is 11.3 Å². The van der Waals surface area contributed by atoms with Crippen molar-refractivity contribution in [2.24, 2.45) is 7.05 Å². The van der Waals surface area contributed by atoms with Crippen LogP contribution in [-0.2, 0) is 13.2 Å². The molecule has 0 aliphatic carbocycles. The summed E-state index contributed by atoms with van der Waals surface area (Å²) in [5, 5.41) is 4.38. The molecule has 22 heavy (non-hydrogen) atoms. The van der Waals surface area contributed by atoms with E-state index < -0.39 is 11.7 Å². The lowest BCUT2D eigenvalue weighted by molar-refractivity contribution is -0.137. The van der Waals surface area contributed by atoms with Crippen molar-refractivity contribution in [1.29, 1.82) is 0 Å². The molecule has 3 aromatic rings. The predicted molar refractivity (Wildman–Crippen MR) is 79.1 cm³/mol. The van der Waals surface area contributed by atoms with Crippen molar-refractivity contribution in [1.82, 2.24) is 9.78 Å². The molecule has 5 heteroatoms. The molecule has 0 saturated heterocycles. The zero-order valence-electron chi connectivity index (χ0n) is 11.8. The quantitative estimate of drug-likeness (QED) is 0.666. The normalized spacial score (nSPS) is 11.6. The van der Waals surface area contributed by atoms with Gasteiger partial charge < -0.3 is 0 Å². The molecule has 0 aliphatic rings. The summed E-state index contributed by atoms with van der Waals surface area (Å²) in [6, 6.07) is 14.7. The van der Waals surface area contributed by atoms with Crippen molar-refractivity contribution in [3.8, 4) is 22.4 Å². The van der Waals surface area contributed by atoms with Gasteiger partial charge in [-0.1, -0.05) is 42.5 Å². The number of hydrogen-bond donors (Lipinski definition) is 0. The number of rotatable bonds is 2. The van der Waals surface area contributed by atoms with Crippen molar-refractivity contribution < 1.29 is 13.2 Å². The summed E-state index contributed by atoms with van der Waals surface area (Å²) in [5.74, 6) is 0. The molecule has 0 bridgehead atoms. The Balaban J connectivity index is 2.06. The van der Waals surface area contributed by atoms with E-state index in [1.54, 1.807) is 11.7 Å². The second-order valence-corrected chi connectivity index (χ2v) is 5.01. The molecule has 0 N–H and O–H groups in total. The van der Waals surface area contributed by atoms with Crippen molar-refractivity contribution in [2.45, 2.75) is 6.18 Å². The molecule has 2 aromatic carbocycles. The first kappa shape index (κ1) is 14.4. The van der Waals surface area contributed by atoms with Gasteiger partial charge in [0.2, 0.25) is 0 Å². The summed E-state index contributed by atoms with van der Waals surface area (Å²) in [6.07, 6.45) is -2.47. The molecule has 2 nitrogen and oxygen atoms in total. The fraction of sp³-hybridized carbons (Fsp3) is 0.118. The zero-order chi connectivity index (χ0) is 15.7. The summed E-state index contributed by atoms with van der Waals surface area (Å²) < 4.78 is 39.6. The standard InChI is InChI=1S/C17H13F3N2/c1-22-11-15(12-5-3-2-4-6-12)16(21-22)13-7-9-14(10-8-13)17(18,19)20/h2-11H,1H3. The lowest BCUT2D eigenvalue weighted by Crippen LogP contribution is -2.04. The smallest absolute Gasteiger partial charge is 0.275 e. The fourth-order valence-corrected chi connectivity index (χ4v) is 2.35. The highest BCUT2D eigenvalue weighted by molar-refractivity contribution is 5.80. The van der Waals surface area contributed by atoms with Gasteiger partial charge in [0.05, 0.1) is 5.56 Å². The van der Waals surface area contributed by atoms with Gasteiger partial charge in [-0.05, 0) is 17.7 Å². The van der Waals surface area contributed by atoms with Gasteiger partial charge in [-0.15, -0.1) is 0 Å². The average molecular weight is 302 g/mol. The molecule has 3 rings (SSSR count). The number of nitrogens with zero attached hydrogens (tertiary/aromatic N) is 2. The lowest BCUT2D eigenvalue weighted by atomic mass is 10.0. The third-order valence-corrected chi connectivity index (χ3v) is 3.40. The van der Waals surface area contributed by atoms with Gasteiger partial charge in [0.15, 0.2) is 0 Å². The minimum atomic E-state index is -4.33. The van der Waals surface area contributed by atoms with Crippen LogP contribution in [-0.4, -0.2) is 9.78 Å². The molecule has 0 fully saturated rings. The Bertz CT molecular complexity index is 772. The maximum atomic E-state index is 12.7. The monoisotopic (exact) mass is 302 g/mol. The molecule has 112 valence electrons. The number of aromatic nitrogens is 2. The van der Waals surface area contributed by atoms with Crippen LogP contribution in [0.5, 0.6) is 0 Å². The van der Waals surface area contributed by atoms with E-state index >= 15 is 0 Å². The molecule has 0 aliphatic heterocycles. The van der Waals surface area contributed by atoms with Crippen LogP contribution in [0.15, 0.2) is 60.8 Å². The summed E-state index contributed by atoms with van der Waals surface area (Å²) in [7, 11) is 1.79. The first-order valence-electron chi connectivity index (χ1n) is 6.72.